The summed E-state index contributed by atoms with van der Waals surface area (Å²) in [5, 5.41) is 13.3. The smallest absolute Gasteiger partial charge is 0.322 e. The summed E-state index contributed by atoms with van der Waals surface area (Å²) in [6.45, 7) is -0.0464. The fourth-order valence-corrected chi connectivity index (χ4v) is 2.29. The van der Waals surface area contributed by atoms with Gasteiger partial charge in [0.2, 0.25) is 12.3 Å². The Kier molecular flexibility index (Phi) is 7.17. The Bertz CT molecular complexity index is 731. The van der Waals surface area contributed by atoms with Gasteiger partial charge in [-0.2, -0.15) is 0 Å². The summed E-state index contributed by atoms with van der Waals surface area (Å²) in [4.78, 5) is 33.2. The molecule has 7 heteroatoms. The lowest BCUT2D eigenvalue weighted by Gasteiger charge is -2.15. The summed E-state index contributed by atoms with van der Waals surface area (Å²) < 4.78 is 5.70. The van der Waals surface area contributed by atoms with Crippen LogP contribution >= 0.6 is 0 Å². The van der Waals surface area contributed by atoms with Crippen LogP contribution in [0.2, 0.25) is 0 Å². The molecule has 0 aliphatic carbocycles. The number of ether oxygens (including phenoxy) is 1. The Balaban J connectivity index is 1.91. The summed E-state index contributed by atoms with van der Waals surface area (Å²) in [6, 6.07) is 16.1. The van der Waals surface area contributed by atoms with Gasteiger partial charge in [0, 0.05) is 6.42 Å². The number of rotatable bonds is 10. The highest BCUT2D eigenvalue weighted by atomic mass is 16.5. The summed E-state index contributed by atoms with van der Waals surface area (Å²) in [5.74, 6) is -1.01. The Morgan fingerprint density at radius 3 is 2.35 bits per heavy atom. The highest BCUT2D eigenvalue weighted by Gasteiger charge is 2.18. The predicted molar refractivity (Wildman–Crippen MR) is 94.6 cm³/mol. The van der Waals surface area contributed by atoms with E-state index in [1.807, 2.05) is 30.3 Å². The monoisotopic (exact) mass is 356 g/mol. The average Bonchev–Trinajstić information content (AvgIpc) is 2.66. The van der Waals surface area contributed by atoms with Gasteiger partial charge in [-0.25, -0.2) is 0 Å². The third kappa shape index (κ3) is 6.27. The number of amides is 2. The van der Waals surface area contributed by atoms with Gasteiger partial charge in [0.25, 0.3) is 0 Å². The fraction of sp³-hybridized carbons (Fsp3) is 0.211. The maximum atomic E-state index is 11.9. The molecule has 0 fully saturated rings. The van der Waals surface area contributed by atoms with Crippen LogP contribution in [-0.4, -0.2) is 36.0 Å². The van der Waals surface area contributed by atoms with Crippen molar-refractivity contribution < 1.29 is 24.2 Å². The second-order valence-electron chi connectivity index (χ2n) is 5.57. The summed E-state index contributed by atoms with van der Waals surface area (Å²) in [5.41, 5.74) is 1.86. The number of benzene rings is 2. The number of carboxylic acids is 1. The van der Waals surface area contributed by atoms with Crippen LogP contribution in [0.5, 0.6) is 5.75 Å². The molecule has 136 valence electrons. The van der Waals surface area contributed by atoms with Crippen LogP contribution in [0.25, 0.3) is 0 Å². The molecule has 0 radical (unpaired) electrons. The number of carbonyl (C=O) groups excluding carboxylic acids is 2. The molecule has 0 aliphatic rings. The number of nitrogens with one attached hydrogen (secondary N) is 2. The van der Waals surface area contributed by atoms with Gasteiger partial charge in [-0.3, -0.25) is 14.4 Å². The van der Waals surface area contributed by atoms with E-state index in [4.69, 9.17) is 9.84 Å². The molecule has 0 unspecified atom stereocenters. The van der Waals surface area contributed by atoms with E-state index < -0.39 is 24.5 Å². The van der Waals surface area contributed by atoms with Crippen molar-refractivity contribution in [1.29, 1.82) is 0 Å². The van der Waals surface area contributed by atoms with Crippen LogP contribution in [0.1, 0.15) is 11.1 Å². The first-order valence-corrected chi connectivity index (χ1v) is 8.03. The molecule has 2 aromatic carbocycles. The maximum Gasteiger partial charge on any atom is 0.322 e. The molecule has 0 spiro atoms. The predicted octanol–water partition coefficient (Wildman–Crippen LogP) is 1.12. The van der Waals surface area contributed by atoms with Gasteiger partial charge in [-0.15, -0.1) is 0 Å². The molecule has 26 heavy (non-hydrogen) atoms. The lowest BCUT2D eigenvalue weighted by molar-refractivity contribution is -0.138. The molecule has 2 aromatic rings. The first-order chi connectivity index (χ1) is 12.6. The quantitative estimate of drug-likeness (QED) is 0.554. The van der Waals surface area contributed by atoms with E-state index >= 15 is 0 Å². The third-order valence-electron chi connectivity index (χ3n) is 3.61. The fourth-order valence-electron chi connectivity index (χ4n) is 2.29. The lowest BCUT2D eigenvalue weighted by Crippen LogP contribution is -2.46. The Hall–Kier alpha value is -3.35. The molecule has 0 heterocycles. The Morgan fingerprint density at radius 1 is 1.04 bits per heavy atom. The van der Waals surface area contributed by atoms with Gasteiger partial charge in [0.1, 0.15) is 24.9 Å². The van der Waals surface area contributed by atoms with Crippen molar-refractivity contribution in [2.24, 2.45) is 0 Å². The maximum absolute atomic E-state index is 11.9. The zero-order valence-corrected chi connectivity index (χ0v) is 14.1. The van der Waals surface area contributed by atoms with Gasteiger partial charge in [-0.1, -0.05) is 42.5 Å². The van der Waals surface area contributed by atoms with E-state index in [0.717, 1.165) is 11.1 Å². The van der Waals surface area contributed by atoms with Gasteiger partial charge in [0.05, 0.1) is 0 Å². The lowest BCUT2D eigenvalue weighted by atomic mass is 10.1. The van der Waals surface area contributed by atoms with E-state index in [2.05, 4.69) is 10.6 Å². The van der Waals surface area contributed by atoms with Crippen molar-refractivity contribution >= 4 is 18.3 Å². The van der Waals surface area contributed by atoms with Gasteiger partial charge in [-0.05, 0) is 23.3 Å². The number of hydrogen-bond acceptors (Lipinski definition) is 4. The summed E-state index contributed by atoms with van der Waals surface area (Å²) in [6.07, 6.45) is 0.658. The Labute approximate surface area is 151 Å². The zero-order chi connectivity index (χ0) is 18.8. The normalized spacial score (nSPS) is 11.2. The van der Waals surface area contributed by atoms with Crippen molar-refractivity contribution in [3.63, 3.8) is 0 Å². The molecule has 0 saturated carbocycles. The van der Waals surface area contributed by atoms with Crippen LogP contribution in [0.4, 0.5) is 0 Å². The van der Waals surface area contributed by atoms with Crippen molar-refractivity contribution in [3.05, 3.63) is 65.7 Å². The molecule has 0 aliphatic heterocycles. The zero-order valence-electron chi connectivity index (χ0n) is 14.1. The molecular formula is C19H20N2O5. The van der Waals surface area contributed by atoms with Gasteiger partial charge < -0.3 is 20.5 Å². The minimum Gasteiger partial charge on any atom is -0.489 e. The summed E-state index contributed by atoms with van der Waals surface area (Å²) in [7, 11) is 0. The minimum absolute atomic E-state index is 0.239. The second kappa shape index (κ2) is 9.83. The largest absolute Gasteiger partial charge is 0.489 e. The Morgan fingerprint density at radius 2 is 1.73 bits per heavy atom. The topological polar surface area (TPSA) is 105 Å². The van der Waals surface area contributed by atoms with E-state index in [1.165, 1.54) is 0 Å². The van der Waals surface area contributed by atoms with Crippen LogP contribution in [-0.2, 0) is 27.4 Å². The van der Waals surface area contributed by atoms with E-state index in [9.17, 15) is 14.4 Å². The molecule has 0 bridgehead atoms. The van der Waals surface area contributed by atoms with E-state index in [1.54, 1.807) is 24.3 Å². The highest BCUT2D eigenvalue weighted by molar-refractivity contribution is 5.86. The van der Waals surface area contributed by atoms with Crippen LogP contribution in [0, 0.1) is 0 Å². The second-order valence-corrected chi connectivity index (χ2v) is 5.57. The van der Waals surface area contributed by atoms with Crippen molar-refractivity contribution in [2.75, 3.05) is 6.54 Å². The van der Waals surface area contributed by atoms with Gasteiger partial charge >= 0.3 is 5.97 Å². The number of carbonyl (C=O) groups is 3. The molecule has 2 rings (SSSR count). The van der Waals surface area contributed by atoms with Crippen molar-refractivity contribution in [2.45, 2.75) is 19.1 Å². The van der Waals surface area contributed by atoms with Crippen LogP contribution < -0.4 is 15.4 Å². The molecule has 0 aromatic heterocycles. The standard InChI is InChI=1S/C19H20N2O5/c22-13-21-17(19(25)20-11-18(23)24)10-14-6-8-16(9-7-14)26-12-15-4-2-1-3-5-15/h1-9,13,17H,10-12H2,(H,20,25)(H,21,22)(H,23,24)/t17-/m0/s1. The number of hydrogen-bond donors (Lipinski definition) is 3. The molecular weight excluding hydrogens is 336 g/mol. The number of carboxylic acid groups (broad SMARTS) is 1. The van der Waals surface area contributed by atoms with Crippen molar-refractivity contribution in [3.8, 4) is 5.75 Å². The average molecular weight is 356 g/mol. The number of aliphatic carboxylic acids is 1. The van der Waals surface area contributed by atoms with Crippen LogP contribution in [0.3, 0.4) is 0 Å². The first-order valence-electron chi connectivity index (χ1n) is 8.03. The highest BCUT2D eigenvalue weighted by Crippen LogP contribution is 2.15. The van der Waals surface area contributed by atoms with Gasteiger partial charge in [0.15, 0.2) is 0 Å². The molecule has 1 atom stereocenters. The van der Waals surface area contributed by atoms with Crippen LogP contribution in [0.15, 0.2) is 54.6 Å². The van der Waals surface area contributed by atoms with E-state index in [-0.39, 0.29) is 6.42 Å². The SMILES string of the molecule is O=CN[C@@H](Cc1ccc(OCc2ccccc2)cc1)C(=O)NCC(=O)O. The molecule has 2 amide bonds. The van der Waals surface area contributed by atoms with E-state index in [0.29, 0.717) is 18.8 Å². The molecule has 0 saturated heterocycles. The molecule has 7 nitrogen and oxygen atoms in total. The minimum atomic E-state index is -1.15. The summed E-state index contributed by atoms with van der Waals surface area (Å²) >= 11 is 0. The third-order valence-corrected chi connectivity index (χ3v) is 3.61. The van der Waals surface area contributed by atoms with Crippen molar-refractivity contribution in [1.82, 2.24) is 10.6 Å². The first kappa shape index (κ1) is 19.0. The molecule has 3 N–H and O–H groups in total.